The van der Waals surface area contributed by atoms with Crippen LogP contribution in [0.1, 0.15) is 17.5 Å². The van der Waals surface area contributed by atoms with Crippen LogP contribution in [-0.2, 0) is 9.53 Å². The lowest BCUT2D eigenvalue weighted by atomic mass is 10.0. The maximum absolute atomic E-state index is 11.5. The number of Topliss-reactive ketones (excluding diaryl/α,β-unsaturated/α-hetero) is 1. The van der Waals surface area contributed by atoms with Gasteiger partial charge in [-0.1, -0.05) is 0 Å². The molecule has 0 spiro atoms. The van der Waals surface area contributed by atoms with Gasteiger partial charge in [-0.3, -0.25) is 9.59 Å². The minimum atomic E-state index is -1.45. The lowest BCUT2D eigenvalue weighted by molar-refractivity contribution is -0.144. The third-order valence-electron chi connectivity index (χ3n) is 1.68. The van der Waals surface area contributed by atoms with Crippen LogP contribution in [0.3, 0.4) is 0 Å². The van der Waals surface area contributed by atoms with E-state index in [-0.39, 0.29) is 12.4 Å². The highest BCUT2D eigenvalue weighted by atomic mass is 16.5. The van der Waals surface area contributed by atoms with Crippen molar-refractivity contribution in [3.8, 4) is 6.07 Å². The van der Waals surface area contributed by atoms with Gasteiger partial charge in [0.1, 0.15) is 0 Å². The molecule has 0 aliphatic carbocycles. The highest BCUT2D eigenvalue weighted by molar-refractivity contribution is 6.09. The van der Waals surface area contributed by atoms with E-state index in [9.17, 15) is 9.59 Å². The first kappa shape index (κ1) is 11.0. The van der Waals surface area contributed by atoms with Crippen LogP contribution in [-0.4, -0.2) is 18.4 Å². The number of carbonyl (C=O) groups excluding carboxylic acids is 2. The number of hydrogen-bond donors (Lipinski definition) is 0. The fourth-order valence-corrected chi connectivity index (χ4v) is 1.00. The first-order chi connectivity index (χ1) is 7.20. The highest BCUT2D eigenvalue weighted by Crippen LogP contribution is 2.10. The van der Waals surface area contributed by atoms with E-state index in [0.29, 0.717) is 0 Å². The van der Waals surface area contributed by atoms with Crippen LogP contribution < -0.4 is 0 Å². The number of nitriles is 1. The molecule has 0 amide bonds. The molecule has 1 aromatic rings. The van der Waals surface area contributed by atoms with Crippen molar-refractivity contribution >= 4 is 11.8 Å². The van der Waals surface area contributed by atoms with Crippen LogP contribution in [0.4, 0.5) is 0 Å². The van der Waals surface area contributed by atoms with Gasteiger partial charge >= 0.3 is 5.97 Å². The van der Waals surface area contributed by atoms with Gasteiger partial charge in [0.2, 0.25) is 11.7 Å². The summed E-state index contributed by atoms with van der Waals surface area (Å²) in [4.78, 5) is 22.7. The Morgan fingerprint density at radius 2 is 2.40 bits per heavy atom. The molecule has 0 bridgehead atoms. The Morgan fingerprint density at radius 3 is 2.87 bits per heavy atom. The Balaban J connectivity index is 2.81. The van der Waals surface area contributed by atoms with Gasteiger partial charge in [0.25, 0.3) is 0 Å². The summed E-state index contributed by atoms with van der Waals surface area (Å²) in [7, 11) is 0. The van der Waals surface area contributed by atoms with Crippen molar-refractivity contribution in [1.29, 1.82) is 5.26 Å². The van der Waals surface area contributed by atoms with Gasteiger partial charge in [0, 0.05) is 0 Å². The third-order valence-corrected chi connectivity index (χ3v) is 1.68. The van der Waals surface area contributed by atoms with Crippen LogP contribution in [0.5, 0.6) is 0 Å². The van der Waals surface area contributed by atoms with Crippen molar-refractivity contribution in [3.05, 3.63) is 24.2 Å². The van der Waals surface area contributed by atoms with Crippen LogP contribution in [0.2, 0.25) is 0 Å². The maximum Gasteiger partial charge on any atom is 0.331 e. The summed E-state index contributed by atoms with van der Waals surface area (Å²) in [6.45, 7) is 1.73. The van der Waals surface area contributed by atoms with Crippen LogP contribution in [0, 0.1) is 17.2 Å². The third kappa shape index (κ3) is 2.44. The fourth-order valence-electron chi connectivity index (χ4n) is 1.00. The Kier molecular flexibility index (Phi) is 3.63. The molecule has 0 aliphatic heterocycles. The second-order valence-corrected chi connectivity index (χ2v) is 2.66. The maximum atomic E-state index is 11.5. The van der Waals surface area contributed by atoms with Crippen molar-refractivity contribution in [3.63, 3.8) is 0 Å². The Bertz CT molecular complexity index is 388. The van der Waals surface area contributed by atoms with Crippen molar-refractivity contribution in [1.82, 2.24) is 0 Å². The molecule has 0 saturated heterocycles. The van der Waals surface area contributed by atoms with Gasteiger partial charge in [0.15, 0.2) is 5.76 Å². The summed E-state index contributed by atoms with van der Waals surface area (Å²) < 4.78 is 9.39. The second kappa shape index (κ2) is 4.96. The minimum Gasteiger partial charge on any atom is -0.465 e. The number of nitrogens with zero attached hydrogens (tertiary/aromatic N) is 1. The predicted octanol–water partition coefficient (Wildman–Crippen LogP) is 1.17. The van der Waals surface area contributed by atoms with E-state index in [1.54, 1.807) is 13.0 Å². The zero-order valence-corrected chi connectivity index (χ0v) is 8.10. The molecule has 1 rings (SSSR count). The average molecular weight is 207 g/mol. The first-order valence-corrected chi connectivity index (χ1v) is 4.34. The fraction of sp³-hybridized carbons (Fsp3) is 0.300. The number of ketones is 1. The molecule has 0 fully saturated rings. The van der Waals surface area contributed by atoms with Gasteiger partial charge in [-0.15, -0.1) is 0 Å². The number of carbonyl (C=O) groups is 2. The SMILES string of the molecule is CCOC(=O)[C@H](C#N)C(=O)c1ccco1. The van der Waals surface area contributed by atoms with Crippen LogP contribution in [0.25, 0.3) is 0 Å². The second-order valence-electron chi connectivity index (χ2n) is 2.66. The van der Waals surface area contributed by atoms with E-state index in [1.165, 1.54) is 18.4 Å². The van der Waals surface area contributed by atoms with E-state index in [4.69, 9.17) is 9.68 Å². The number of furan rings is 1. The summed E-state index contributed by atoms with van der Waals surface area (Å²) in [5.41, 5.74) is 0. The van der Waals surface area contributed by atoms with E-state index in [2.05, 4.69) is 4.74 Å². The number of rotatable bonds is 4. The quantitative estimate of drug-likeness (QED) is 0.420. The summed E-state index contributed by atoms with van der Waals surface area (Å²) in [6.07, 6.45) is 1.30. The van der Waals surface area contributed by atoms with Crippen LogP contribution in [0.15, 0.2) is 22.8 Å². The van der Waals surface area contributed by atoms with Gasteiger partial charge in [-0.25, -0.2) is 0 Å². The monoisotopic (exact) mass is 207 g/mol. The molecule has 0 N–H and O–H groups in total. The van der Waals surface area contributed by atoms with Gasteiger partial charge < -0.3 is 9.15 Å². The molecule has 5 heteroatoms. The molecular weight excluding hydrogens is 198 g/mol. The molecule has 0 aromatic carbocycles. The van der Waals surface area contributed by atoms with E-state index in [0.717, 1.165) is 0 Å². The first-order valence-electron chi connectivity index (χ1n) is 4.34. The Hall–Kier alpha value is -2.09. The van der Waals surface area contributed by atoms with E-state index < -0.39 is 17.7 Å². The molecule has 1 heterocycles. The summed E-state index contributed by atoms with van der Waals surface area (Å²) >= 11 is 0. The summed E-state index contributed by atoms with van der Waals surface area (Å²) in [6, 6.07) is 4.49. The normalized spacial score (nSPS) is 11.5. The molecule has 1 atom stereocenters. The Morgan fingerprint density at radius 1 is 1.67 bits per heavy atom. The molecule has 1 aromatic heterocycles. The molecule has 5 nitrogen and oxygen atoms in total. The highest BCUT2D eigenvalue weighted by Gasteiger charge is 2.30. The van der Waals surface area contributed by atoms with Crippen molar-refractivity contribution in [2.45, 2.75) is 6.92 Å². The number of ether oxygens (including phenoxy) is 1. The van der Waals surface area contributed by atoms with Gasteiger partial charge in [0.05, 0.1) is 18.9 Å². The van der Waals surface area contributed by atoms with Crippen molar-refractivity contribution in [2.75, 3.05) is 6.61 Å². The van der Waals surface area contributed by atoms with Gasteiger partial charge in [-0.05, 0) is 19.1 Å². The van der Waals surface area contributed by atoms with E-state index in [1.807, 2.05) is 0 Å². The zero-order chi connectivity index (χ0) is 11.3. The van der Waals surface area contributed by atoms with Crippen molar-refractivity contribution < 1.29 is 18.7 Å². The topological polar surface area (TPSA) is 80.3 Å². The minimum absolute atomic E-state index is 0.0189. The molecule has 0 saturated carbocycles. The lowest BCUT2D eigenvalue weighted by Crippen LogP contribution is -2.24. The predicted molar refractivity (Wildman–Crippen MR) is 48.8 cm³/mol. The average Bonchev–Trinajstić information content (AvgIpc) is 2.71. The number of esters is 1. The van der Waals surface area contributed by atoms with Crippen LogP contribution >= 0.6 is 0 Å². The molecule has 15 heavy (non-hydrogen) atoms. The van der Waals surface area contributed by atoms with Crippen molar-refractivity contribution in [2.24, 2.45) is 5.92 Å². The smallest absolute Gasteiger partial charge is 0.331 e. The molecule has 0 radical (unpaired) electrons. The Labute approximate surface area is 86.2 Å². The molecular formula is C10H9NO4. The molecule has 0 unspecified atom stereocenters. The van der Waals surface area contributed by atoms with Gasteiger partial charge in [-0.2, -0.15) is 5.26 Å². The zero-order valence-electron chi connectivity index (χ0n) is 8.10. The summed E-state index contributed by atoms with van der Waals surface area (Å²) in [5, 5.41) is 8.68. The summed E-state index contributed by atoms with van der Waals surface area (Å²) in [5.74, 6) is -2.99. The van der Waals surface area contributed by atoms with E-state index >= 15 is 0 Å². The largest absolute Gasteiger partial charge is 0.465 e. The molecule has 0 aliphatic rings. The molecule has 78 valence electrons. The number of hydrogen-bond acceptors (Lipinski definition) is 5. The standard InChI is InChI=1S/C10H9NO4/c1-2-14-10(13)7(6-11)9(12)8-4-3-5-15-8/h3-5,7H,2H2,1H3/t7-/m1/s1. The lowest BCUT2D eigenvalue weighted by Gasteiger charge is -2.04.